The van der Waals surface area contributed by atoms with Crippen LogP contribution in [0.4, 0.5) is 11.4 Å². The van der Waals surface area contributed by atoms with Crippen molar-refractivity contribution in [1.82, 2.24) is 0 Å². The second kappa shape index (κ2) is 8.39. The third-order valence-electron chi connectivity index (χ3n) is 3.18. The highest BCUT2D eigenvalue weighted by Gasteiger charge is 2.01. The Morgan fingerprint density at radius 1 is 1.14 bits per heavy atom. The molecule has 0 radical (unpaired) electrons. The molecule has 21 heavy (non-hydrogen) atoms. The molecule has 0 fully saturated rings. The van der Waals surface area contributed by atoms with Crippen LogP contribution in [0, 0.1) is 0 Å². The highest BCUT2D eigenvalue weighted by Crippen LogP contribution is 2.19. The van der Waals surface area contributed by atoms with Gasteiger partial charge in [-0.3, -0.25) is 0 Å². The minimum atomic E-state index is 0. The van der Waals surface area contributed by atoms with E-state index < -0.39 is 0 Å². The van der Waals surface area contributed by atoms with E-state index in [9.17, 15) is 0 Å². The highest BCUT2D eigenvalue weighted by molar-refractivity contribution is 5.85. The molecule has 0 atom stereocenters. The molecular weight excluding hydrogens is 288 g/mol. The molecule has 114 valence electrons. The summed E-state index contributed by atoms with van der Waals surface area (Å²) in [6.45, 7) is 0.832. The minimum Gasteiger partial charge on any atom is -0.497 e. The van der Waals surface area contributed by atoms with Crippen LogP contribution in [0.15, 0.2) is 42.5 Å². The summed E-state index contributed by atoms with van der Waals surface area (Å²) in [5.41, 5.74) is 9.71. The zero-order valence-electron chi connectivity index (χ0n) is 12.0. The quantitative estimate of drug-likeness (QED) is 0.718. The van der Waals surface area contributed by atoms with Gasteiger partial charge in [-0.2, -0.15) is 0 Å². The van der Waals surface area contributed by atoms with Crippen molar-refractivity contribution in [3.8, 4) is 5.75 Å². The maximum Gasteiger partial charge on any atom is 0.118 e. The monoisotopic (exact) mass is 308 g/mol. The maximum absolute atomic E-state index is 9.00. The molecule has 5 heteroatoms. The van der Waals surface area contributed by atoms with Crippen LogP contribution >= 0.6 is 12.4 Å². The van der Waals surface area contributed by atoms with E-state index in [1.807, 2.05) is 42.5 Å². The van der Waals surface area contributed by atoms with Crippen molar-refractivity contribution in [3.63, 3.8) is 0 Å². The van der Waals surface area contributed by atoms with Gasteiger partial charge in [0.15, 0.2) is 0 Å². The first kappa shape index (κ1) is 17.1. The van der Waals surface area contributed by atoms with Gasteiger partial charge in [-0.05, 0) is 47.9 Å². The number of nitrogen functional groups attached to an aromatic ring is 1. The average molecular weight is 309 g/mol. The molecule has 0 aromatic heterocycles. The molecule has 0 heterocycles. The molecule has 0 aliphatic heterocycles. The van der Waals surface area contributed by atoms with Crippen molar-refractivity contribution in [1.29, 1.82) is 0 Å². The fourth-order valence-corrected chi connectivity index (χ4v) is 2.00. The summed E-state index contributed by atoms with van der Waals surface area (Å²) >= 11 is 0. The van der Waals surface area contributed by atoms with Gasteiger partial charge in [0.25, 0.3) is 0 Å². The van der Waals surface area contributed by atoms with Crippen molar-refractivity contribution >= 4 is 23.8 Å². The Hall–Kier alpha value is -1.91. The zero-order valence-corrected chi connectivity index (χ0v) is 12.8. The number of nitrogens with two attached hydrogens (primary N) is 1. The van der Waals surface area contributed by atoms with Crippen molar-refractivity contribution in [2.24, 2.45) is 0 Å². The van der Waals surface area contributed by atoms with Gasteiger partial charge in [0.1, 0.15) is 5.75 Å². The largest absolute Gasteiger partial charge is 0.497 e. The van der Waals surface area contributed by atoms with Crippen LogP contribution in [-0.4, -0.2) is 18.8 Å². The number of halogens is 1. The van der Waals surface area contributed by atoms with E-state index in [1.165, 1.54) is 5.56 Å². The average Bonchev–Trinajstić information content (AvgIpc) is 2.49. The summed E-state index contributed by atoms with van der Waals surface area (Å²) in [5, 5.41) is 12.4. The summed E-state index contributed by atoms with van der Waals surface area (Å²) in [5.74, 6) is 0.853. The molecule has 0 aliphatic carbocycles. The van der Waals surface area contributed by atoms with Gasteiger partial charge in [-0.1, -0.05) is 12.1 Å². The molecule has 2 aromatic carbocycles. The second-order valence-corrected chi connectivity index (χ2v) is 4.59. The molecule has 2 aromatic rings. The normalized spacial score (nSPS) is 9.81. The van der Waals surface area contributed by atoms with Crippen LogP contribution in [0.1, 0.15) is 11.1 Å². The van der Waals surface area contributed by atoms with Crippen LogP contribution < -0.4 is 15.8 Å². The number of anilines is 2. The van der Waals surface area contributed by atoms with E-state index in [0.29, 0.717) is 12.1 Å². The summed E-state index contributed by atoms with van der Waals surface area (Å²) in [6, 6.07) is 13.7. The van der Waals surface area contributed by atoms with Gasteiger partial charge in [0, 0.05) is 24.5 Å². The number of aliphatic hydroxyl groups excluding tert-OH is 1. The van der Waals surface area contributed by atoms with Crippen molar-refractivity contribution < 1.29 is 9.84 Å². The molecule has 0 aliphatic rings. The lowest BCUT2D eigenvalue weighted by Crippen LogP contribution is -2.02. The SMILES string of the molecule is COc1ccc(CNc2ccc(N)c(CCO)c2)cc1.Cl. The van der Waals surface area contributed by atoms with Gasteiger partial charge in [-0.15, -0.1) is 12.4 Å². The number of hydrogen-bond donors (Lipinski definition) is 3. The van der Waals surface area contributed by atoms with Crippen molar-refractivity contribution in [3.05, 3.63) is 53.6 Å². The van der Waals surface area contributed by atoms with Crippen molar-refractivity contribution in [2.45, 2.75) is 13.0 Å². The van der Waals surface area contributed by atoms with Crippen LogP contribution in [-0.2, 0) is 13.0 Å². The maximum atomic E-state index is 9.00. The van der Waals surface area contributed by atoms with Gasteiger partial charge in [0.05, 0.1) is 7.11 Å². The van der Waals surface area contributed by atoms with E-state index in [4.69, 9.17) is 15.6 Å². The smallest absolute Gasteiger partial charge is 0.118 e. The molecule has 4 nitrogen and oxygen atoms in total. The van der Waals surface area contributed by atoms with Gasteiger partial charge in [0.2, 0.25) is 0 Å². The standard InChI is InChI=1S/C16H20N2O2.ClH/c1-20-15-5-2-12(3-6-15)11-18-14-4-7-16(17)13(10-14)8-9-19;/h2-7,10,18-19H,8-9,11,17H2,1H3;1H. The molecule has 0 unspecified atom stereocenters. The van der Waals surface area contributed by atoms with Gasteiger partial charge in [-0.25, -0.2) is 0 Å². The van der Waals surface area contributed by atoms with E-state index in [1.54, 1.807) is 7.11 Å². The van der Waals surface area contributed by atoms with E-state index >= 15 is 0 Å². The molecule has 4 N–H and O–H groups in total. The summed E-state index contributed by atoms with van der Waals surface area (Å²) < 4.78 is 5.13. The number of aliphatic hydroxyl groups is 1. The van der Waals surface area contributed by atoms with Crippen LogP contribution in [0.3, 0.4) is 0 Å². The number of methoxy groups -OCH3 is 1. The third kappa shape index (κ3) is 4.85. The Kier molecular flexibility index (Phi) is 6.85. The zero-order chi connectivity index (χ0) is 14.4. The van der Waals surface area contributed by atoms with E-state index in [-0.39, 0.29) is 19.0 Å². The summed E-state index contributed by atoms with van der Waals surface area (Å²) in [4.78, 5) is 0. The van der Waals surface area contributed by atoms with Gasteiger partial charge < -0.3 is 20.9 Å². The first-order valence-electron chi connectivity index (χ1n) is 6.59. The topological polar surface area (TPSA) is 67.5 Å². The Balaban J connectivity index is 0.00000220. The Morgan fingerprint density at radius 3 is 2.48 bits per heavy atom. The molecule has 0 bridgehead atoms. The Bertz CT molecular complexity index is 559. The third-order valence-corrected chi connectivity index (χ3v) is 3.18. The lowest BCUT2D eigenvalue weighted by molar-refractivity contribution is 0.300. The summed E-state index contributed by atoms with van der Waals surface area (Å²) in [7, 11) is 1.66. The Morgan fingerprint density at radius 2 is 1.86 bits per heavy atom. The first-order valence-corrected chi connectivity index (χ1v) is 6.59. The Labute approximate surface area is 131 Å². The summed E-state index contributed by atoms with van der Waals surface area (Å²) in [6.07, 6.45) is 0.573. The molecule has 0 saturated carbocycles. The number of benzene rings is 2. The predicted octanol–water partition coefficient (Wildman–Crippen LogP) is 2.85. The van der Waals surface area contributed by atoms with Crippen LogP contribution in [0.5, 0.6) is 5.75 Å². The number of nitrogens with one attached hydrogen (secondary N) is 1. The molecule has 2 rings (SSSR count). The minimum absolute atomic E-state index is 0. The molecular formula is C16H21ClN2O2. The number of ether oxygens (including phenoxy) is 1. The molecule has 0 spiro atoms. The lowest BCUT2D eigenvalue weighted by Gasteiger charge is -2.10. The highest BCUT2D eigenvalue weighted by atomic mass is 35.5. The predicted molar refractivity (Wildman–Crippen MR) is 89.2 cm³/mol. The lowest BCUT2D eigenvalue weighted by atomic mass is 10.1. The molecule has 0 saturated heterocycles. The van der Waals surface area contributed by atoms with E-state index in [2.05, 4.69) is 5.32 Å². The van der Waals surface area contributed by atoms with Crippen LogP contribution in [0.25, 0.3) is 0 Å². The number of rotatable bonds is 6. The van der Waals surface area contributed by atoms with Crippen molar-refractivity contribution in [2.75, 3.05) is 24.8 Å². The fraction of sp³-hybridized carbons (Fsp3) is 0.250. The second-order valence-electron chi connectivity index (χ2n) is 4.59. The van der Waals surface area contributed by atoms with Crippen LogP contribution in [0.2, 0.25) is 0 Å². The fourth-order valence-electron chi connectivity index (χ4n) is 2.00. The number of hydrogen-bond acceptors (Lipinski definition) is 4. The first-order chi connectivity index (χ1) is 9.72. The van der Waals surface area contributed by atoms with Gasteiger partial charge >= 0.3 is 0 Å². The van der Waals surface area contributed by atoms with E-state index in [0.717, 1.165) is 23.5 Å². The molecule has 0 amide bonds.